The van der Waals surface area contributed by atoms with E-state index in [0.717, 1.165) is 12.1 Å². The van der Waals surface area contributed by atoms with E-state index >= 15 is 0 Å². The Morgan fingerprint density at radius 3 is 2.57 bits per heavy atom. The second-order valence-corrected chi connectivity index (χ2v) is 4.81. The van der Waals surface area contributed by atoms with Crippen molar-refractivity contribution >= 4 is 27.3 Å². The van der Waals surface area contributed by atoms with E-state index < -0.39 is 16.6 Å². The Bertz CT molecular complexity index is 710. The molecular weight excluding hydrogens is 350 g/mol. The van der Waals surface area contributed by atoms with Gasteiger partial charge in [0.15, 0.2) is 11.6 Å². The van der Waals surface area contributed by atoms with Crippen LogP contribution in [-0.2, 0) is 0 Å². The van der Waals surface area contributed by atoms with Gasteiger partial charge in [-0.25, -0.2) is 8.78 Å². The number of anilines is 1. The summed E-state index contributed by atoms with van der Waals surface area (Å²) in [6.07, 6.45) is 0. The van der Waals surface area contributed by atoms with Crippen LogP contribution in [0, 0.1) is 21.7 Å². The Balaban J connectivity index is 2.55. The summed E-state index contributed by atoms with van der Waals surface area (Å²) in [7, 11) is 1.51. The van der Waals surface area contributed by atoms with Gasteiger partial charge in [-0.15, -0.1) is 0 Å². The third kappa shape index (κ3) is 3.10. The van der Waals surface area contributed by atoms with E-state index in [-0.39, 0.29) is 27.3 Å². The van der Waals surface area contributed by atoms with Gasteiger partial charge in [-0.3, -0.25) is 10.1 Å². The third-order valence-electron chi connectivity index (χ3n) is 2.64. The Kier molecular flexibility index (Phi) is 4.37. The molecule has 0 aliphatic carbocycles. The topological polar surface area (TPSA) is 64.4 Å². The molecule has 0 saturated heterocycles. The number of halogens is 3. The molecule has 2 rings (SSSR count). The van der Waals surface area contributed by atoms with Crippen LogP contribution in [0.25, 0.3) is 0 Å². The van der Waals surface area contributed by atoms with Crippen molar-refractivity contribution in [2.24, 2.45) is 0 Å². The van der Waals surface area contributed by atoms with Crippen LogP contribution >= 0.6 is 15.9 Å². The smallest absolute Gasteiger partial charge is 0.335 e. The van der Waals surface area contributed by atoms with Gasteiger partial charge in [0, 0.05) is 13.1 Å². The average Bonchev–Trinajstić information content (AvgIpc) is 2.43. The van der Waals surface area contributed by atoms with Crippen LogP contribution in [0.4, 0.5) is 20.2 Å². The van der Waals surface area contributed by atoms with Gasteiger partial charge in [-0.1, -0.05) is 0 Å². The van der Waals surface area contributed by atoms with Gasteiger partial charge in [-0.05, 0) is 40.2 Å². The van der Waals surface area contributed by atoms with Crippen LogP contribution in [-0.4, -0.2) is 12.0 Å². The summed E-state index contributed by atoms with van der Waals surface area (Å²) >= 11 is 3.12. The van der Waals surface area contributed by atoms with E-state index in [1.165, 1.54) is 19.2 Å². The second kappa shape index (κ2) is 6.04. The molecule has 0 radical (unpaired) electrons. The molecule has 0 saturated carbocycles. The molecule has 0 aliphatic heterocycles. The summed E-state index contributed by atoms with van der Waals surface area (Å²) in [6.45, 7) is 0. The first-order valence-electron chi connectivity index (χ1n) is 5.71. The van der Waals surface area contributed by atoms with Gasteiger partial charge >= 0.3 is 5.69 Å². The molecule has 2 aromatic carbocycles. The van der Waals surface area contributed by atoms with E-state index in [1.54, 1.807) is 0 Å². The molecule has 2 aromatic rings. The predicted octanol–water partition coefficient (Wildman–Crippen LogP) is 4.47. The zero-order valence-electron chi connectivity index (χ0n) is 10.7. The summed E-state index contributed by atoms with van der Waals surface area (Å²) in [4.78, 5) is 10.5. The monoisotopic (exact) mass is 358 g/mol. The van der Waals surface area contributed by atoms with Gasteiger partial charge in [0.25, 0.3) is 0 Å². The molecule has 0 spiro atoms. The Labute approximate surface area is 126 Å². The fourth-order valence-corrected chi connectivity index (χ4v) is 2.10. The number of hydrogen-bond acceptors (Lipinski definition) is 4. The van der Waals surface area contributed by atoms with E-state index in [1.807, 2.05) is 0 Å². The normalized spacial score (nSPS) is 10.3. The lowest BCUT2D eigenvalue weighted by Crippen LogP contribution is -2.00. The zero-order valence-corrected chi connectivity index (χ0v) is 12.3. The standard InChI is InChI=1S/C13H9BrF2N2O3/c1-17-10-4-3-8(14)13(12(10)18(19)20)21-11-5-2-7(15)6-9(11)16/h2-6,17H,1H3. The van der Waals surface area contributed by atoms with Crippen molar-refractivity contribution in [3.63, 3.8) is 0 Å². The highest BCUT2D eigenvalue weighted by Crippen LogP contribution is 2.43. The van der Waals surface area contributed by atoms with E-state index in [4.69, 9.17) is 4.74 Å². The molecule has 0 unspecified atom stereocenters. The fraction of sp³-hybridized carbons (Fsp3) is 0.0769. The number of ether oxygens (including phenoxy) is 1. The number of nitro groups is 1. The first-order chi connectivity index (χ1) is 9.93. The van der Waals surface area contributed by atoms with Crippen LogP contribution in [0.2, 0.25) is 0 Å². The second-order valence-electron chi connectivity index (χ2n) is 3.96. The molecule has 110 valence electrons. The molecule has 0 aliphatic rings. The average molecular weight is 359 g/mol. The highest BCUT2D eigenvalue weighted by atomic mass is 79.9. The van der Waals surface area contributed by atoms with Crippen LogP contribution in [0.1, 0.15) is 0 Å². The number of nitrogens with zero attached hydrogens (tertiary/aromatic N) is 1. The maximum Gasteiger partial charge on any atom is 0.335 e. The van der Waals surface area contributed by atoms with Crippen LogP contribution in [0.15, 0.2) is 34.8 Å². The van der Waals surface area contributed by atoms with Gasteiger partial charge in [-0.2, -0.15) is 0 Å². The minimum Gasteiger partial charge on any atom is -0.446 e. The molecule has 8 heteroatoms. The molecule has 0 atom stereocenters. The number of rotatable bonds is 4. The van der Waals surface area contributed by atoms with Gasteiger partial charge in [0.2, 0.25) is 5.75 Å². The molecule has 0 bridgehead atoms. The van der Waals surface area contributed by atoms with Crippen molar-refractivity contribution in [1.82, 2.24) is 0 Å². The molecule has 5 nitrogen and oxygen atoms in total. The summed E-state index contributed by atoms with van der Waals surface area (Å²) in [6, 6.07) is 5.70. The minimum atomic E-state index is -0.953. The third-order valence-corrected chi connectivity index (χ3v) is 3.27. The quantitative estimate of drug-likeness (QED) is 0.646. The first kappa shape index (κ1) is 15.2. The molecule has 21 heavy (non-hydrogen) atoms. The Morgan fingerprint density at radius 1 is 1.29 bits per heavy atom. The SMILES string of the molecule is CNc1ccc(Br)c(Oc2ccc(F)cc2F)c1[N+](=O)[O-]. The summed E-state index contributed by atoms with van der Waals surface area (Å²) < 4.78 is 32.0. The predicted molar refractivity (Wildman–Crippen MR) is 76.8 cm³/mol. The van der Waals surface area contributed by atoms with Crippen molar-refractivity contribution < 1.29 is 18.4 Å². The highest BCUT2D eigenvalue weighted by molar-refractivity contribution is 9.10. The van der Waals surface area contributed by atoms with Crippen molar-refractivity contribution in [3.05, 3.63) is 56.6 Å². The Morgan fingerprint density at radius 2 is 2.00 bits per heavy atom. The van der Waals surface area contributed by atoms with Crippen molar-refractivity contribution in [1.29, 1.82) is 0 Å². The fourth-order valence-electron chi connectivity index (χ4n) is 1.69. The van der Waals surface area contributed by atoms with Gasteiger partial charge in [0.05, 0.1) is 9.40 Å². The molecule has 0 amide bonds. The number of benzene rings is 2. The van der Waals surface area contributed by atoms with E-state index in [2.05, 4.69) is 21.2 Å². The molecule has 0 fully saturated rings. The maximum atomic E-state index is 13.6. The number of nitrogens with one attached hydrogen (secondary N) is 1. The van der Waals surface area contributed by atoms with E-state index in [9.17, 15) is 18.9 Å². The summed E-state index contributed by atoms with van der Waals surface area (Å²) in [5.41, 5.74) is -0.142. The lowest BCUT2D eigenvalue weighted by molar-refractivity contribution is -0.384. The first-order valence-corrected chi connectivity index (χ1v) is 6.51. The zero-order chi connectivity index (χ0) is 15.6. The van der Waals surface area contributed by atoms with Gasteiger partial charge in [0.1, 0.15) is 11.5 Å². The number of hydrogen-bond donors (Lipinski definition) is 1. The molecular formula is C13H9BrF2N2O3. The molecule has 0 aromatic heterocycles. The molecule has 0 heterocycles. The lowest BCUT2D eigenvalue weighted by atomic mass is 10.2. The van der Waals surface area contributed by atoms with Crippen LogP contribution in [0.5, 0.6) is 11.5 Å². The summed E-state index contributed by atoms with van der Waals surface area (Å²) in [5.74, 6) is -2.20. The lowest BCUT2D eigenvalue weighted by Gasteiger charge is -2.11. The highest BCUT2D eigenvalue weighted by Gasteiger charge is 2.25. The van der Waals surface area contributed by atoms with Crippen LogP contribution in [0.3, 0.4) is 0 Å². The van der Waals surface area contributed by atoms with E-state index in [0.29, 0.717) is 6.07 Å². The minimum absolute atomic E-state index is 0.169. The van der Waals surface area contributed by atoms with Crippen LogP contribution < -0.4 is 10.1 Å². The molecule has 1 N–H and O–H groups in total. The van der Waals surface area contributed by atoms with Crippen molar-refractivity contribution in [2.45, 2.75) is 0 Å². The largest absolute Gasteiger partial charge is 0.446 e. The maximum absolute atomic E-state index is 13.6. The van der Waals surface area contributed by atoms with Crippen molar-refractivity contribution in [2.75, 3.05) is 12.4 Å². The summed E-state index contributed by atoms with van der Waals surface area (Å²) in [5, 5.41) is 13.9. The number of nitro benzene ring substituents is 1. The van der Waals surface area contributed by atoms with Gasteiger partial charge < -0.3 is 10.1 Å². The Hall–Kier alpha value is -2.22. The van der Waals surface area contributed by atoms with Crippen molar-refractivity contribution in [3.8, 4) is 11.5 Å².